The number of hydrogen-bond acceptors (Lipinski definition) is 27. The molecule has 1 saturated heterocycles. The van der Waals surface area contributed by atoms with Gasteiger partial charge in [0, 0.05) is 41.9 Å². The van der Waals surface area contributed by atoms with Gasteiger partial charge in [-0.3, -0.25) is 48.5 Å². The molecule has 1 unspecified atom stereocenters. The first kappa shape index (κ1) is 85.8. The Hall–Kier alpha value is -10.6. The highest BCUT2D eigenvalue weighted by molar-refractivity contribution is 6.32. The fourth-order valence-electron chi connectivity index (χ4n) is 17.7. The molecular formula is C84H98ClN11O24. The summed E-state index contributed by atoms with van der Waals surface area (Å²) >= 11 is 7.21. The third-order valence-corrected chi connectivity index (χ3v) is 23.9. The number of likely N-dealkylation sites (N-methyl/N-ethyl adjacent to an activating group) is 3. The number of rotatable bonds is 21. The van der Waals surface area contributed by atoms with Crippen LogP contribution in [0.25, 0.3) is 11.1 Å². The molecule has 6 aliphatic heterocycles. The Morgan fingerprint density at radius 2 is 1.24 bits per heavy atom. The molecule has 0 radical (unpaired) electrons. The molecule has 35 nitrogen and oxygen atoms in total. The average molecular weight is 1680 g/mol. The number of fused-ring (bicyclic) bond motifs is 12. The lowest BCUT2D eigenvalue weighted by atomic mass is 9.54. The minimum Gasteiger partial charge on any atom is -0.508 e. The third kappa shape index (κ3) is 17.6. The molecule has 120 heavy (non-hydrogen) atoms. The van der Waals surface area contributed by atoms with Gasteiger partial charge in [-0.1, -0.05) is 49.7 Å². The van der Waals surface area contributed by atoms with Crippen LogP contribution in [-0.2, 0) is 48.9 Å². The summed E-state index contributed by atoms with van der Waals surface area (Å²) in [6, 6.07) is 5.45. The van der Waals surface area contributed by atoms with Gasteiger partial charge in [0.15, 0.2) is 11.5 Å². The van der Waals surface area contributed by atoms with Crippen LogP contribution < -0.4 is 82.2 Å². The minimum atomic E-state index is -2.98. The predicted octanol–water partition coefficient (Wildman–Crippen LogP) is 1.14. The number of aromatic hydroxyl groups is 1. The highest BCUT2D eigenvalue weighted by atomic mass is 35.5. The largest absolute Gasteiger partial charge is 0.508 e. The molecule has 15 bridgehead atoms. The fourth-order valence-corrected chi connectivity index (χ4v) is 18.0. The smallest absolute Gasteiger partial charge is 0.258 e. The van der Waals surface area contributed by atoms with E-state index in [2.05, 4.69) is 58.5 Å². The van der Waals surface area contributed by atoms with Crippen LogP contribution in [0, 0.1) is 36.5 Å². The van der Waals surface area contributed by atoms with Crippen molar-refractivity contribution in [3.8, 4) is 57.1 Å². The van der Waals surface area contributed by atoms with Crippen molar-refractivity contribution in [3.05, 3.63) is 152 Å². The van der Waals surface area contributed by atoms with Crippen molar-refractivity contribution in [1.82, 2.24) is 58.5 Å². The summed E-state index contributed by atoms with van der Waals surface area (Å²) in [4.78, 5) is 140. The van der Waals surface area contributed by atoms with Crippen LogP contribution in [0.1, 0.15) is 144 Å². The number of carbonyl (C=O) groups excluding carboxylic acids is 9. The van der Waals surface area contributed by atoms with E-state index in [0.29, 0.717) is 24.9 Å². The second-order valence-electron chi connectivity index (χ2n) is 32.4. The maximum atomic E-state index is 16.6. The van der Waals surface area contributed by atoms with E-state index >= 15 is 28.8 Å². The van der Waals surface area contributed by atoms with Crippen LogP contribution in [0.3, 0.4) is 0 Å². The van der Waals surface area contributed by atoms with E-state index in [-0.39, 0.29) is 127 Å². The monoisotopic (exact) mass is 1680 g/mol. The number of nitrogens with one attached hydrogen (secondary N) is 11. The second kappa shape index (κ2) is 35.6. The standard InChI is InChI=1S/C84H98ClN11O24/c1-35(2)17-54(88-6)76(106)95-67-69(100)40-8-11-56(36(3)18-40)117-58-28-44-29-59(74(58)120-83-73(104)72(103)71(102)60(34-97)119-83)118-57-12-9-41(27-53(57)85)70(101)68-82(112)94-66(80(110)91-63-42-20-37-19-38(22-42)23-43(63)21-37)50-30-46(98)31-52-62(50)49-26-39(7-10-51(49)84(52,113)114)64(78(108)96-68)93-79(109)65(44)92-77(107)55(89-81(67)111)33-61(99)90-75(105)45-24-47(115-15-13-86-4)32-48(25-45)116-16-14-87-5/h7-12,18,24-32,35,37-38,42-43,54-55,60,63-73,83,86-88,97-98,100-104,113-114H,13-17,19-23,33-34H2,1-6H3,(H,89,111)(H,91,110)(H,92,107)(H,93,109)(H,94,112)(H,95,106)(H,96,108)(H,90,99,105)/t37?,38?,42?,43?,54-,55?,60-,63?,64-,65-,66+,67-,68+,69-,70-,71-,72+,73-,83+/m1/s1. The third-order valence-electron chi connectivity index (χ3n) is 23.6. The number of benzene rings is 6. The van der Waals surface area contributed by atoms with Gasteiger partial charge in [0.05, 0.1) is 24.1 Å². The number of carbonyl (C=O) groups is 9. The zero-order valence-corrected chi connectivity index (χ0v) is 67.1. The van der Waals surface area contributed by atoms with Crippen LogP contribution in [0.15, 0.2) is 97.1 Å². The number of imide groups is 1. The summed E-state index contributed by atoms with van der Waals surface area (Å²) < 4.78 is 37.6. The topological polar surface area (TPSA) is 523 Å². The van der Waals surface area contributed by atoms with Gasteiger partial charge in [0.1, 0.15) is 115 Å². The lowest BCUT2D eigenvalue weighted by Gasteiger charge is -2.54. The Balaban J connectivity index is 0.950. The normalized spacial score (nSPS) is 27.9. The molecule has 0 aromatic heterocycles. The van der Waals surface area contributed by atoms with E-state index in [9.17, 15) is 60.3 Å². The van der Waals surface area contributed by atoms with E-state index in [1.54, 1.807) is 14.1 Å². The quantitative estimate of drug-likeness (QED) is 0.0355. The van der Waals surface area contributed by atoms with E-state index < -0.39 is 186 Å². The number of aliphatic hydroxyl groups excluding tert-OH is 6. The number of aryl methyl sites for hydroxylation is 1. The maximum Gasteiger partial charge on any atom is 0.258 e. The molecule has 6 heterocycles. The van der Waals surface area contributed by atoms with Crippen LogP contribution in [0.5, 0.6) is 46.0 Å². The van der Waals surface area contributed by atoms with Crippen LogP contribution in [-0.4, -0.2) is 214 Å². The number of phenolic OH excluding ortho intramolecular Hbond substituents is 1. The molecule has 20 N–H and O–H groups in total. The first-order valence-corrected chi connectivity index (χ1v) is 40.3. The highest BCUT2D eigenvalue weighted by Crippen LogP contribution is 2.56. The summed E-state index contributed by atoms with van der Waals surface area (Å²) in [5.74, 6) is -15.2. The summed E-state index contributed by atoms with van der Waals surface area (Å²) in [6.07, 6.45) is -10.6. The molecule has 11 aliphatic rings. The molecule has 5 aliphatic carbocycles. The van der Waals surface area contributed by atoms with Crippen molar-refractivity contribution in [3.63, 3.8) is 0 Å². The molecule has 36 heteroatoms. The average Bonchev–Trinajstić information content (AvgIpc) is 1.55. The molecule has 5 fully saturated rings. The van der Waals surface area contributed by atoms with Gasteiger partial charge < -0.3 is 128 Å². The summed E-state index contributed by atoms with van der Waals surface area (Å²) in [6.45, 7) is 5.23. The molecule has 640 valence electrons. The van der Waals surface area contributed by atoms with Gasteiger partial charge in [0.2, 0.25) is 65.1 Å². The number of hydrogen-bond donors (Lipinski definition) is 20. The second-order valence-corrected chi connectivity index (χ2v) is 32.8. The molecule has 6 aromatic carbocycles. The number of halogens is 1. The van der Waals surface area contributed by atoms with E-state index in [1.165, 1.54) is 80.7 Å². The first-order valence-electron chi connectivity index (χ1n) is 39.9. The molecular weight excluding hydrogens is 1580 g/mol. The van der Waals surface area contributed by atoms with Crippen LogP contribution in [0.4, 0.5) is 0 Å². The van der Waals surface area contributed by atoms with Crippen molar-refractivity contribution >= 4 is 64.8 Å². The summed E-state index contributed by atoms with van der Waals surface area (Å²) in [7, 11) is 4.88. The summed E-state index contributed by atoms with van der Waals surface area (Å²) in [5.41, 5.74) is -1.97. The highest BCUT2D eigenvalue weighted by Gasteiger charge is 2.52. The number of aliphatic hydroxyl groups is 8. The van der Waals surface area contributed by atoms with Gasteiger partial charge >= 0.3 is 0 Å². The van der Waals surface area contributed by atoms with Crippen molar-refractivity contribution in [2.45, 2.75) is 163 Å². The van der Waals surface area contributed by atoms with Gasteiger partial charge in [-0.05, 0) is 207 Å². The van der Waals surface area contributed by atoms with Gasteiger partial charge in [-0.15, -0.1) is 0 Å². The molecule has 4 saturated carbocycles. The van der Waals surface area contributed by atoms with Gasteiger partial charge in [0.25, 0.3) is 5.91 Å². The molecule has 6 aromatic rings. The first-order chi connectivity index (χ1) is 57.3. The zero-order chi connectivity index (χ0) is 85.6. The van der Waals surface area contributed by atoms with Crippen molar-refractivity contribution in [2.75, 3.05) is 54.1 Å². The number of ether oxygens (including phenoxy) is 6. The van der Waals surface area contributed by atoms with Gasteiger partial charge in [-0.25, -0.2) is 0 Å². The Kier molecular flexibility index (Phi) is 25.4. The number of phenols is 1. The lowest BCUT2D eigenvalue weighted by molar-refractivity contribution is -0.277. The van der Waals surface area contributed by atoms with Crippen molar-refractivity contribution < 1.29 is 118 Å². The maximum absolute atomic E-state index is 16.6. The Bertz CT molecular complexity index is 4940. The zero-order valence-electron chi connectivity index (χ0n) is 66.3. The molecule has 0 spiro atoms. The lowest BCUT2D eigenvalue weighted by Crippen LogP contribution is -2.60. The Morgan fingerprint density at radius 3 is 1.87 bits per heavy atom. The van der Waals surface area contributed by atoms with Crippen LogP contribution in [0.2, 0.25) is 5.02 Å². The van der Waals surface area contributed by atoms with Crippen molar-refractivity contribution in [1.29, 1.82) is 0 Å². The van der Waals surface area contributed by atoms with E-state index in [4.69, 9.17) is 40.0 Å². The van der Waals surface area contributed by atoms with Crippen molar-refractivity contribution in [2.24, 2.45) is 29.6 Å². The SMILES string of the molecule is CNCCOc1cc(OCCNC)cc(C(=O)NC(=O)CC2NC(=O)[C@H](NC(=O)[C@@H](CC(C)C)NC)[C@H](O)c3ccc(c(C)c3)Oc3cc4cc(c3O[C@@H]3O[C@H](CO)[C@@H](O)[C@H](O)[C@H]3O)Oc3ccc(cc3Cl)[C@@H](O)[C@@H]3NC(=O)[C@H](NC(=O)[C@@H]4NC2=O)c2ccc4c(c2)-c2c(cc(O)cc2C4(O)O)[C@@H](C(=O)NC2C4CC5CC(C4)CC2C5)NC3=O)c1. The van der Waals surface area contributed by atoms with Gasteiger partial charge in [-0.2, -0.15) is 0 Å². The van der Waals surface area contributed by atoms with Crippen LogP contribution >= 0.6 is 11.6 Å². The molecule has 17 rings (SSSR count). The number of amides is 9. The fraction of sp³-hybridized carbons (Fsp3) is 0.464. The van der Waals surface area contributed by atoms with E-state index in [0.717, 1.165) is 62.4 Å². The Labute approximate surface area is 693 Å². The summed E-state index contributed by atoms with van der Waals surface area (Å²) in [5, 5.41) is 136. The molecule has 9 amide bonds. The van der Waals surface area contributed by atoms with E-state index in [1.807, 2.05) is 13.8 Å². The Morgan fingerprint density at radius 1 is 0.625 bits per heavy atom. The molecule has 14 atom stereocenters. The predicted molar refractivity (Wildman–Crippen MR) is 424 cm³/mol. The minimum absolute atomic E-state index is 0.0575.